The van der Waals surface area contributed by atoms with E-state index in [1.165, 1.54) is 32.1 Å². The molecule has 20 heavy (non-hydrogen) atoms. The van der Waals surface area contributed by atoms with Gasteiger partial charge in [-0.2, -0.15) is 0 Å². The normalized spacial score (nSPS) is 37.4. The number of nitrogens with one attached hydrogen (secondary N) is 1. The molecule has 3 heterocycles. The molecule has 116 valence electrons. The van der Waals surface area contributed by atoms with E-state index in [4.69, 9.17) is 0 Å². The summed E-state index contributed by atoms with van der Waals surface area (Å²) in [4.78, 5) is 2.67. The minimum absolute atomic E-state index is 0.399. The van der Waals surface area contributed by atoms with Gasteiger partial charge >= 0.3 is 0 Å². The topological polar surface area (TPSA) is 49.4 Å². The zero-order valence-electron chi connectivity index (χ0n) is 12.6. The van der Waals surface area contributed by atoms with E-state index >= 15 is 0 Å². The fourth-order valence-electron chi connectivity index (χ4n) is 4.43. The van der Waals surface area contributed by atoms with E-state index in [1.807, 2.05) is 0 Å². The van der Waals surface area contributed by atoms with Crippen LogP contribution in [0.5, 0.6) is 0 Å². The van der Waals surface area contributed by atoms with Crippen molar-refractivity contribution in [3.05, 3.63) is 0 Å². The quantitative estimate of drug-likeness (QED) is 0.856. The lowest BCUT2D eigenvalue weighted by molar-refractivity contribution is 0.0874. The highest BCUT2D eigenvalue weighted by atomic mass is 32.2. The molecule has 2 unspecified atom stereocenters. The molecule has 0 amide bonds. The first-order valence-corrected chi connectivity index (χ1v) is 10.1. The maximum absolute atomic E-state index is 11.6. The predicted molar refractivity (Wildman–Crippen MR) is 81.6 cm³/mol. The Bertz CT molecular complexity index is 411. The van der Waals surface area contributed by atoms with E-state index in [-0.39, 0.29) is 0 Å². The number of sulfone groups is 1. The number of nitrogens with zero attached hydrogens (tertiary/aromatic N) is 1. The summed E-state index contributed by atoms with van der Waals surface area (Å²) in [7, 11) is -2.74. The van der Waals surface area contributed by atoms with Crippen molar-refractivity contribution in [3.8, 4) is 0 Å². The second kappa shape index (κ2) is 5.93. The number of fused-ring (bicyclic) bond motifs is 2. The summed E-state index contributed by atoms with van der Waals surface area (Å²) in [5, 5.41) is 3.71. The second-order valence-corrected chi connectivity index (χ2v) is 9.19. The van der Waals surface area contributed by atoms with Crippen molar-refractivity contribution in [2.75, 3.05) is 18.1 Å². The molecule has 0 aromatic carbocycles. The van der Waals surface area contributed by atoms with E-state index < -0.39 is 9.84 Å². The molecule has 0 aliphatic carbocycles. The minimum atomic E-state index is -2.74. The third-order valence-corrected chi connectivity index (χ3v) is 7.11. The van der Waals surface area contributed by atoms with E-state index in [2.05, 4.69) is 17.1 Å². The van der Waals surface area contributed by atoms with Crippen LogP contribution in [0.15, 0.2) is 0 Å². The van der Waals surface area contributed by atoms with Crippen LogP contribution in [0.4, 0.5) is 0 Å². The van der Waals surface area contributed by atoms with Crippen LogP contribution in [-0.2, 0) is 9.84 Å². The van der Waals surface area contributed by atoms with Gasteiger partial charge in [-0.3, -0.25) is 4.90 Å². The number of rotatable bonds is 4. The Kier molecular flexibility index (Phi) is 4.39. The van der Waals surface area contributed by atoms with Gasteiger partial charge in [-0.15, -0.1) is 0 Å². The van der Waals surface area contributed by atoms with Crippen molar-refractivity contribution in [2.24, 2.45) is 0 Å². The summed E-state index contributed by atoms with van der Waals surface area (Å²) in [6.07, 6.45) is 8.06. The molecule has 0 aromatic rings. The molecule has 3 fully saturated rings. The van der Waals surface area contributed by atoms with Gasteiger partial charge in [0.15, 0.2) is 0 Å². The van der Waals surface area contributed by atoms with Gasteiger partial charge in [-0.25, -0.2) is 8.42 Å². The van der Waals surface area contributed by atoms with Crippen molar-refractivity contribution >= 4 is 9.84 Å². The van der Waals surface area contributed by atoms with Gasteiger partial charge in [-0.1, -0.05) is 6.92 Å². The van der Waals surface area contributed by atoms with Crippen LogP contribution in [0.3, 0.4) is 0 Å². The Morgan fingerprint density at radius 2 is 1.60 bits per heavy atom. The van der Waals surface area contributed by atoms with E-state index in [1.54, 1.807) is 0 Å². The SMILES string of the molecule is CCCN(C1CCS(=O)(=O)CC1)C1CC2CCC(C1)N2. The predicted octanol–water partition coefficient (Wildman–Crippen LogP) is 1.56. The standard InChI is InChI=1S/C15H28N2O2S/c1-2-7-17(14-5-8-20(18,19)9-6-14)15-10-12-3-4-13(11-15)16-12/h12-16H,2-11H2,1H3. The van der Waals surface area contributed by atoms with Gasteiger partial charge in [0, 0.05) is 24.2 Å². The zero-order valence-corrected chi connectivity index (χ0v) is 13.4. The average Bonchev–Trinajstić information content (AvgIpc) is 2.75. The monoisotopic (exact) mass is 300 g/mol. The summed E-state index contributed by atoms with van der Waals surface area (Å²) < 4.78 is 23.3. The fraction of sp³-hybridized carbons (Fsp3) is 1.00. The third kappa shape index (κ3) is 3.20. The largest absolute Gasteiger partial charge is 0.311 e. The van der Waals surface area contributed by atoms with E-state index in [0.29, 0.717) is 35.7 Å². The van der Waals surface area contributed by atoms with Crippen molar-refractivity contribution in [2.45, 2.75) is 76.0 Å². The maximum atomic E-state index is 11.6. The molecular formula is C15H28N2O2S. The van der Waals surface area contributed by atoms with Gasteiger partial charge in [0.25, 0.3) is 0 Å². The minimum Gasteiger partial charge on any atom is -0.311 e. The lowest BCUT2D eigenvalue weighted by Gasteiger charge is -2.43. The molecule has 4 nitrogen and oxygen atoms in total. The molecule has 1 N–H and O–H groups in total. The molecule has 3 saturated heterocycles. The van der Waals surface area contributed by atoms with Gasteiger partial charge < -0.3 is 5.32 Å². The first kappa shape index (κ1) is 14.8. The van der Waals surface area contributed by atoms with Crippen molar-refractivity contribution in [1.29, 1.82) is 0 Å². The van der Waals surface area contributed by atoms with Crippen LogP contribution in [0, 0.1) is 0 Å². The maximum Gasteiger partial charge on any atom is 0.150 e. The second-order valence-electron chi connectivity index (χ2n) is 6.88. The first-order valence-electron chi connectivity index (χ1n) is 8.29. The van der Waals surface area contributed by atoms with Crippen LogP contribution < -0.4 is 5.32 Å². The van der Waals surface area contributed by atoms with Crippen molar-refractivity contribution in [3.63, 3.8) is 0 Å². The summed E-state index contributed by atoms with van der Waals surface area (Å²) in [6.45, 7) is 3.37. The van der Waals surface area contributed by atoms with Crippen molar-refractivity contribution in [1.82, 2.24) is 10.2 Å². The van der Waals surface area contributed by atoms with Gasteiger partial charge in [0.2, 0.25) is 0 Å². The molecule has 3 rings (SSSR count). The molecule has 2 atom stereocenters. The molecule has 0 spiro atoms. The zero-order chi connectivity index (χ0) is 14.2. The van der Waals surface area contributed by atoms with E-state index in [0.717, 1.165) is 19.4 Å². The van der Waals surface area contributed by atoms with Crippen LogP contribution in [0.25, 0.3) is 0 Å². The Labute approximate surface area is 123 Å². The molecule has 0 radical (unpaired) electrons. The lowest BCUT2D eigenvalue weighted by atomic mass is 9.95. The van der Waals surface area contributed by atoms with Gasteiger partial charge in [-0.05, 0) is 51.5 Å². The fourth-order valence-corrected chi connectivity index (χ4v) is 5.90. The van der Waals surface area contributed by atoms with E-state index in [9.17, 15) is 8.42 Å². The highest BCUT2D eigenvalue weighted by Gasteiger charge is 2.39. The highest BCUT2D eigenvalue weighted by molar-refractivity contribution is 7.91. The molecule has 5 heteroatoms. The Balaban J connectivity index is 1.66. The molecular weight excluding hydrogens is 272 g/mol. The van der Waals surface area contributed by atoms with Crippen molar-refractivity contribution < 1.29 is 8.42 Å². The van der Waals surface area contributed by atoms with Crippen LogP contribution in [-0.4, -0.2) is 55.5 Å². The summed E-state index contributed by atoms with van der Waals surface area (Å²) in [5.41, 5.74) is 0. The molecule has 3 aliphatic rings. The Morgan fingerprint density at radius 1 is 1.00 bits per heavy atom. The number of hydrogen-bond acceptors (Lipinski definition) is 4. The number of piperidine rings is 1. The molecule has 3 aliphatic heterocycles. The lowest BCUT2D eigenvalue weighted by Crippen LogP contribution is -2.53. The Morgan fingerprint density at radius 3 is 2.15 bits per heavy atom. The van der Waals surface area contributed by atoms with Crippen LogP contribution in [0.2, 0.25) is 0 Å². The average molecular weight is 300 g/mol. The summed E-state index contributed by atoms with van der Waals surface area (Å²) in [5.74, 6) is 0.797. The molecule has 0 saturated carbocycles. The highest BCUT2D eigenvalue weighted by Crippen LogP contribution is 2.32. The van der Waals surface area contributed by atoms with Gasteiger partial charge in [0.1, 0.15) is 9.84 Å². The number of hydrogen-bond donors (Lipinski definition) is 1. The van der Waals surface area contributed by atoms with Crippen LogP contribution in [0.1, 0.15) is 51.9 Å². The summed E-state index contributed by atoms with van der Waals surface area (Å²) >= 11 is 0. The van der Waals surface area contributed by atoms with Gasteiger partial charge in [0.05, 0.1) is 11.5 Å². The summed E-state index contributed by atoms with van der Waals surface area (Å²) in [6, 6.07) is 2.61. The smallest absolute Gasteiger partial charge is 0.150 e. The molecule has 0 aromatic heterocycles. The molecule has 2 bridgehead atoms. The first-order chi connectivity index (χ1) is 9.57. The van der Waals surface area contributed by atoms with Crippen LogP contribution >= 0.6 is 0 Å². The Hall–Kier alpha value is -0.130. The third-order valence-electron chi connectivity index (χ3n) is 5.39.